The Bertz CT molecular complexity index is 112. The van der Waals surface area contributed by atoms with Crippen LogP contribution in [-0.2, 0) is 21.7 Å². The summed E-state index contributed by atoms with van der Waals surface area (Å²) < 4.78 is 0. The van der Waals surface area contributed by atoms with Gasteiger partial charge in [0.1, 0.15) is 0 Å². The smallest absolute Gasteiger partial charge is 0 e. The molecule has 36 valence electrons. The van der Waals surface area contributed by atoms with Crippen molar-refractivity contribution >= 4 is 11.3 Å². The average molecular weight is 145 g/mol. The minimum atomic E-state index is 0. The van der Waals surface area contributed by atoms with E-state index in [0.717, 1.165) is 0 Å². The topological polar surface area (TPSA) is 0 Å². The molecule has 0 saturated carbocycles. The molecular formula is C5H5STi-. The van der Waals surface area contributed by atoms with Crippen molar-refractivity contribution in [1.29, 1.82) is 0 Å². The van der Waals surface area contributed by atoms with E-state index in [1.165, 1.54) is 5.56 Å². The quantitative estimate of drug-likeness (QED) is 0.386. The van der Waals surface area contributed by atoms with Gasteiger partial charge in [0.2, 0.25) is 0 Å². The van der Waals surface area contributed by atoms with Crippen LogP contribution in [0.5, 0.6) is 0 Å². The van der Waals surface area contributed by atoms with Crippen molar-refractivity contribution < 1.29 is 21.7 Å². The SMILES string of the molecule is Cc1[c-]scc1.[Ti]. The molecule has 0 aliphatic carbocycles. The molecule has 0 N–H and O–H groups in total. The second kappa shape index (κ2) is 3.42. The van der Waals surface area contributed by atoms with E-state index in [4.69, 9.17) is 0 Å². The van der Waals surface area contributed by atoms with E-state index in [2.05, 4.69) is 5.38 Å². The molecule has 1 heterocycles. The second-order valence-corrected chi connectivity index (χ2v) is 1.92. The normalized spacial score (nSPS) is 7.57. The first-order valence-electron chi connectivity index (χ1n) is 1.81. The maximum atomic E-state index is 3.04. The Labute approximate surface area is 62.4 Å². The molecule has 0 spiro atoms. The third kappa shape index (κ3) is 2.27. The molecule has 0 saturated heterocycles. The van der Waals surface area contributed by atoms with Crippen LogP contribution < -0.4 is 0 Å². The van der Waals surface area contributed by atoms with Gasteiger partial charge in [-0.15, -0.1) is 5.38 Å². The molecule has 1 aromatic heterocycles. The van der Waals surface area contributed by atoms with Crippen LogP contribution in [0.4, 0.5) is 0 Å². The van der Waals surface area contributed by atoms with E-state index < -0.39 is 0 Å². The standard InChI is InChI=1S/C5H5S.Ti/c1-5-2-3-6-4-5;/h2-3H,1H3;/q-1;. The molecule has 0 radical (unpaired) electrons. The summed E-state index contributed by atoms with van der Waals surface area (Å²) >= 11 is 1.61. The van der Waals surface area contributed by atoms with Crippen molar-refractivity contribution in [3.05, 3.63) is 22.4 Å². The van der Waals surface area contributed by atoms with Gasteiger partial charge in [-0.05, 0) is 0 Å². The Morgan fingerprint density at radius 2 is 2.43 bits per heavy atom. The van der Waals surface area contributed by atoms with E-state index in [1.54, 1.807) is 11.3 Å². The molecule has 0 unspecified atom stereocenters. The van der Waals surface area contributed by atoms with Gasteiger partial charge in [-0.1, -0.05) is 6.92 Å². The summed E-state index contributed by atoms with van der Waals surface area (Å²) in [5.74, 6) is 0. The van der Waals surface area contributed by atoms with Crippen LogP contribution in [-0.4, -0.2) is 0 Å². The number of rotatable bonds is 0. The van der Waals surface area contributed by atoms with Gasteiger partial charge < -0.3 is 11.3 Å². The number of thiophene rings is 1. The van der Waals surface area contributed by atoms with Gasteiger partial charge in [0.05, 0.1) is 0 Å². The van der Waals surface area contributed by atoms with Crippen molar-refractivity contribution in [2.75, 3.05) is 0 Å². The Morgan fingerprint density at radius 1 is 1.71 bits per heavy atom. The van der Waals surface area contributed by atoms with E-state index in [1.807, 2.05) is 18.4 Å². The summed E-state index contributed by atoms with van der Waals surface area (Å²) in [6, 6.07) is 2.05. The molecule has 2 heteroatoms. The van der Waals surface area contributed by atoms with Crippen molar-refractivity contribution in [2.45, 2.75) is 6.92 Å². The third-order valence-electron chi connectivity index (χ3n) is 0.606. The molecular weight excluding hydrogens is 140 g/mol. The zero-order valence-electron chi connectivity index (χ0n) is 4.06. The summed E-state index contributed by atoms with van der Waals surface area (Å²) in [7, 11) is 0. The Morgan fingerprint density at radius 3 is 2.57 bits per heavy atom. The molecule has 0 aromatic carbocycles. The van der Waals surface area contributed by atoms with Crippen LogP contribution in [0.3, 0.4) is 0 Å². The summed E-state index contributed by atoms with van der Waals surface area (Å²) in [5, 5.41) is 5.06. The molecule has 0 amide bonds. The Hall–Kier alpha value is 0.414. The molecule has 0 bridgehead atoms. The molecule has 7 heavy (non-hydrogen) atoms. The largest absolute Gasteiger partial charge is 0.304 e. The minimum absolute atomic E-state index is 0. The van der Waals surface area contributed by atoms with Crippen LogP contribution in [0.15, 0.2) is 11.4 Å². The molecule has 0 aliphatic heterocycles. The van der Waals surface area contributed by atoms with Crippen molar-refractivity contribution in [2.24, 2.45) is 0 Å². The van der Waals surface area contributed by atoms with Gasteiger partial charge in [-0.2, -0.15) is 10.9 Å². The van der Waals surface area contributed by atoms with Gasteiger partial charge in [0.15, 0.2) is 0 Å². The van der Waals surface area contributed by atoms with Gasteiger partial charge in [0.25, 0.3) is 0 Å². The fraction of sp³-hybridized carbons (Fsp3) is 0.200. The summed E-state index contributed by atoms with van der Waals surface area (Å²) in [6.07, 6.45) is 0. The molecule has 0 atom stereocenters. The molecule has 0 fully saturated rings. The van der Waals surface area contributed by atoms with Crippen molar-refractivity contribution in [3.63, 3.8) is 0 Å². The molecule has 0 aliphatic rings. The molecule has 1 aromatic rings. The number of hydrogen-bond donors (Lipinski definition) is 0. The van der Waals surface area contributed by atoms with E-state index in [-0.39, 0.29) is 21.7 Å². The number of hydrogen-bond acceptors (Lipinski definition) is 1. The maximum Gasteiger partial charge on any atom is 0 e. The van der Waals surface area contributed by atoms with E-state index in [9.17, 15) is 0 Å². The first-order valence-corrected chi connectivity index (χ1v) is 2.69. The van der Waals surface area contributed by atoms with Gasteiger partial charge in [-0.25, -0.2) is 6.07 Å². The zero-order chi connectivity index (χ0) is 4.41. The van der Waals surface area contributed by atoms with Crippen molar-refractivity contribution in [3.8, 4) is 0 Å². The van der Waals surface area contributed by atoms with E-state index in [0.29, 0.717) is 0 Å². The Kier molecular flexibility index (Phi) is 3.62. The monoisotopic (exact) mass is 145 g/mol. The average Bonchev–Trinajstić information content (AvgIpc) is 1.86. The Balaban J connectivity index is 0.000000360. The summed E-state index contributed by atoms with van der Waals surface area (Å²) in [5.41, 5.74) is 1.24. The van der Waals surface area contributed by atoms with Crippen LogP contribution >= 0.6 is 11.3 Å². The predicted molar refractivity (Wildman–Crippen MR) is 27.9 cm³/mol. The maximum absolute atomic E-state index is 3.04. The second-order valence-electron chi connectivity index (χ2n) is 1.21. The zero-order valence-corrected chi connectivity index (χ0v) is 6.44. The van der Waals surface area contributed by atoms with Crippen LogP contribution in [0, 0.1) is 12.3 Å². The minimum Gasteiger partial charge on any atom is -0.304 e. The first-order chi connectivity index (χ1) is 2.89. The predicted octanol–water partition coefficient (Wildman–Crippen LogP) is 1.85. The van der Waals surface area contributed by atoms with E-state index >= 15 is 0 Å². The fourth-order valence-electron chi connectivity index (χ4n) is 0.297. The van der Waals surface area contributed by atoms with Gasteiger partial charge in [-0.3, -0.25) is 0 Å². The third-order valence-corrected chi connectivity index (χ3v) is 1.32. The fourth-order valence-corrected chi connectivity index (χ4v) is 0.891. The number of aryl methyl sites for hydroxylation is 1. The molecule has 1 rings (SSSR count). The van der Waals surface area contributed by atoms with Gasteiger partial charge >= 0.3 is 0 Å². The van der Waals surface area contributed by atoms with Crippen molar-refractivity contribution in [1.82, 2.24) is 0 Å². The van der Waals surface area contributed by atoms with Crippen LogP contribution in [0.1, 0.15) is 5.56 Å². The van der Waals surface area contributed by atoms with Crippen LogP contribution in [0.2, 0.25) is 0 Å². The van der Waals surface area contributed by atoms with Gasteiger partial charge in [0, 0.05) is 21.7 Å². The summed E-state index contributed by atoms with van der Waals surface area (Å²) in [4.78, 5) is 0. The molecule has 0 nitrogen and oxygen atoms in total. The summed E-state index contributed by atoms with van der Waals surface area (Å²) in [6.45, 7) is 2.04. The van der Waals surface area contributed by atoms with Crippen LogP contribution in [0.25, 0.3) is 0 Å². The first kappa shape index (κ1) is 7.41.